The Labute approximate surface area is 103 Å². The topological polar surface area (TPSA) is 37.3 Å². The van der Waals surface area contributed by atoms with Gasteiger partial charge < -0.3 is 5.11 Å². The van der Waals surface area contributed by atoms with Gasteiger partial charge in [-0.2, -0.15) is 0 Å². The predicted molar refractivity (Wildman–Crippen MR) is 63.6 cm³/mol. The lowest BCUT2D eigenvalue weighted by atomic mass is 9.82. The maximum absolute atomic E-state index is 14.0. The van der Waals surface area contributed by atoms with E-state index in [0.717, 1.165) is 11.3 Å². The van der Waals surface area contributed by atoms with Gasteiger partial charge in [0.2, 0.25) is 0 Å². The van der Waals surface area contributed by atoms with Gasteiger partial charge >= 0.3 is 5.97 Å². The Morgan fingerprint density at radius 1 is 1.47 bits per heavy atom. The van der Waals surface area contributed by atoms with Gasteiger partial charge in [0, 0.05) is 6.42 Å². The minimum Gasteiger partial charge on any atom is -0.481 e. The third kappa shape index (κ3) is 3.77. The summed E-state index contributed by atoms with van der Waals surface area (Å²) in [4.78, 5) is 10.6. The third-order valence-electron chi connectivity index (χ3n) is 2.52. The molecular weight excluding hydrogens is 246 g/mol. The summed E-state index contributed by atoms with van der Waals surface area (Å²) in [6.45, 7) is 4.75. The number of carboxylic acid groups (broad SMARTS) is 1. The molecule has 0 aliphatic heterocycles. The molecule has 17 heavy (non-hydrogen) atoms. The second kappa shape index (κ2) is 4.72. The Bertz CT molecular complexity index is 410. The minimum atomic E-state index is -2.96. The molecule has 0 bridgehead atoms. The molecule has 1 aromatic heterocycles. The third-order valence-corrected chi connectivity index (χ3v) is 3.65. The first-order valence-electron chi connectivity index (χ1n) is 5.28. The summed E-state index contributed by atoms with van der Waals surface area (Å²) < 4.78 is 28.0. The molecule has 1 aromatic rings. The summed E-state index contributed by atoms with van der Waals surface area (Å²) in [7, 11) is 0. The molecule has 1 N–H and O–H groups in total. The number of hydrogen-bond donors (Lipinski definition) is 1. The number of thiophene rings is 1. The zero-order chi connectivity index (χ0) is 13.3. The molecule has 0 unspecified atom stereocenters. The predicted octanol–water partition coefficient (Wildman–Crippen LogP) is 4.04. The Balaban J connectivity index is 2.86. The van der Waals surface area contributed by atoms with Crippen LogP contribution >= 0.6 is 11.3 Å². The molecule has 0 atom stereocenters. The Kier molecular flexibility index (Phi) is 3.91. The molecule has 5 heteroatoms. The van der Waals surface area contributed by atoms with Crippen molar-refractivity contribution in [2.75, 3.05) is 0 Å². The second-order valence-corrected chi connectivity index (χ2v) is 5.96. The molecule has 0 fully saturated rings. The lowest BCUT2D eigenvalue weighted by Gasteiger charge is -2.28. The monoisotopic (exact) mass is 262 g/mol. The summed E-state index contributed by atoms with van der Waals surface area (Å²) in [6, 6.07) is 1.65. The van der Waals surface area contributed by atoms with Crippen LogP contribution in [-0.4, -0.2) is 11.1 Å². The van der Waals surface area contributed by atoms with E-state index in [1.165, 1.54) is 0 Å². The van der Waals surface area contributed by atoms with E-state index in [2.05, 4.69) is 0 Å². The zero-order valence-corrected chi connectivity index (χ0v) is 10.9. The first kappa shape index (κ1) is 14.1. The number of hydrogen-bond acceptors (Lipinski definition) is 2. The highest BCUT2D eigenvalue weighted by Gasteiger charge is 2.41. The lowest BCUT2D eigenvalue weighted by molar-refractivity contribution is -0.140. The van der Waals surface area contributed by atoms with E-state index >= 15 is 0 Å². The number of alkyl halides is 2. The number of aryl methyl sites for hydroxylation is 1. The van der Waals surface area contributed by atoms with Crippen molar-refractivity contribution < 1.29 is 18.7 Å². The van der Waals surface area contributed by atoms with Gasteiger partial charge in [-0.3, -0.25) is 4.79 Å². The molecule has 0 aromatic carbocycles. The highest BCUT2D eigenvalue weighted by Crippen LogP contribution is 2.44. The Morgan fingerprint density at radius 2 is 2.06 bits per heavy atom. The van der Waals surface area contributed by atoms with Crippen LogP contribution in [0.15, 0.2) is 11.4 Å². The molecule has 0 saturated heterocycles. The van der Waals surface area contributed by atoms with Crippen molar-refractivity contribution >= 4 is 17.3 Å². The van der Waals surface area contributed by atoms with Crippen LogP contribution in [0.3, 0.4) is 0 Å². The molecule has 2 nitrogen and oxygen atoms in total. The smallest absolute Gasteiger partial charge is 0.303 e. The van der Waals surface area contributed by atoms with E-state index in [1.54, 1.807) is 32.2 Å². The standard InChI is InChI=1S/C12H16F2O2S/c1-8-4-5-17-10(8)12(13,14)7-11(2,3)6-9(15)16/h4-5H,6-7H2,1-3H3,(H,15,16). The Hall–Kier alpha value is -0.970. The van der Waals surface area contributed by atoms with Gasteiger partial charge in [0.15, 0.2) is 0 Å². The number of aliphatic carboxylic acids is 1. The van der Waals surface area contributed by atoms with Crippen LogP contribution in [-0.2, 0) is 10.7 Å². The van der Waals surface area contributed by atoms with Crippen molar-refractivity contribution in [1.29, 1.82) is 0 Å². The lowest BCUT2D eigenvalue weighted by Crippen LogP contribution is -2.26. The van der Waals surface area contributed by atoms with Gasteiger partial charge in [-0.15, -0.1) is 11.3 Å². The zero-order valence-electron chi connectivity index (χ0n) is 10.1. The van der Waals surface area contributed by atoms with Crippen LogP contribution in [0.1, 0.15) is 37.1 Å². The molecule has 96 valence electrons. The molecule has 0 aliphatic rings. The summed E-state index contributed by atoms with van der Waals surface area (Å²) in [5.41, 5.74) is -0.364. The van der Waals surface area contributed by atoms with Crippen LogP contribution < -0.4 is 0 Å². The van der Waals surface area contributed by atoms with E-state index in [1.807, 2.05) is 0 Å². The van der Waals surface area contributed by atoms with E-state index < -0.39 is 23.7 Å². The quantitative estimate of drug-likeness (QED) is 0.869. The van der Waals surface area contributed by atoms with Crippen molar-refractivity contribution in [3.05, 3.63) is 21.9 Å². The molecule has 0 radical (unpaired) electrons. The van der Waals surface area contributed by atoms with Gasteiger partial charge in [0.1, 0.15) is 0 Å². The van der Waals surface area contributed by atoms with Crippen LogP contribution in [0.4, 0.5) is 8.78 Å². The van der Waals surface area contributed by atoms with Crippen molar-refractivity contribution in [1.82, 2.24) is 0 Å². The minimum absolute atomic E-state index is 0.0379. The van der Waals surface area contributed by atoms with E-state index in [9.17, 15) is 13.6 Å². The van der Waals surface area contributed by atoms with Crippen molar-refractivity contribution in [2.45, 2.75) is 39.5 Å². The van der Waals surface area contributed by atoms with Crippen molar-refractivity contribution in [2.24, 2.45) is 5.41 Å². The summed E-state index contributed by atoms with van der Waals surface area (Å²) in [6.07, 6.45) is -0.708. The number of carbonyl (C=O) groups is 1. The van der Waals surface area contributed by atoms with Gasteiger partial charge in [-0.25, -0.2) is 8.78 Å². The molecule has 0 spiro atoms. The molecule has 1 rings (SSSR count). The first-order chi connectivity index (χ1) is 7.64. The normalized spacial score (nSPS) is 12.8. The largest absolute Gasteiger partial charge is 0.481 e. The molecular formula is C12H16F2O2S. The molecule has 0 amide bonds. The van der Waals surface area contributed by atoms with Crippen LogP contribution in [0.5, 0.6) is 0 Å². The van der Waals surface area contributed by atoms with E-state index in [4.69, 9.17) is 5.11 Å². The Morgan fingerprint density at radius 3 is 2.47 bits per heavy atom. The molecule has 0 saturated carbocycles. The van der Waals surface area contributed by atoms with E-state index in [-0.39, 0.29) is 11.3 Å². The van der Waals surface area contributed by atoms with Crippen LogP contribution in [0.2, 0.25) is 0 Å². The SMILES string of the molecule is Cc1ccsc1C(F)(F)CC(C)(C)CC(=O)O. The van der Waals surface area contributed by atoms with Crippen LogP contribution in [0, 0.1) is 12.3 Å². The number of carboxylic acids is 1. The van der Waals surface area contributed by atoms with Crippen molar-refractivity contribution in [3.8, 4) is 0 Å². The summed E-state index contributed by atoms with van der Waals surface area (Å²) >= 11 is 1.02. The maximum atomic E-state index is 14.0. The van der Waals surface area contributed by atoms with Gasteiger partial charge in [-0.05, 0) is 29.3 Å². The average molecular weight is 262 g/mol. The molecule has 0 aliphatic carbocycles. The fourth-order valence-electron chi connectivity index (χ4n) is 1.90. The number of rotatable bonds is 5. The van der Waals surface area contributed by atoms with Gasteiger partial charge in [0.25, 0.3) is 5.92 Å². The van der Waals surface area contributed by atoms with Crippen molar-refractivity contribution in [3.63, 3.8) is 0 Å². The van der Waals surface area contributed by atoms with Gasteiger partial charge in [0.05, 0.1) is 11.3 Å². The maximum Gasteiger partial charge on any atom is 0.303 e. The first-order valence-corrected chi connectivity index (χ1v) is 6.16. The average Bonchev–Trinajstić information content (AvgIpc) is 2.46. The van der Waals surface area contributed by atoms with E-state index in [0.29, 0.717) is 5.56 Å². The fraction of sp³-hybridized carbons (Fsp3) is 0.583. The van der Waals surface area contributed by atoms with Crippen LogP contribution in [0.25, 0.3) is 0 Å². The summed E-state index contributed by atoms with van der Waals surface area (Å²) in [5, 5.41) is 10.3. The number of halogens is 2. The van der Waals surface area contributed by atoms with Gasteiger partial charge in [-0.1, -0.05) is 13.8 Å². The fourth-order valence-corrected chi connectivity index (χ4v) is 2.81. The molecule has 1 heterocycles. The highest BCUT2D eigenvalue weighted by atomic mass is 32.1. The second-order valence-electron chi connectivity index (χ2n) is 5.05. The highest BCUT2D eigenvalue weighted by molar-refractivity contribution is 7.10. The summed E-state index contributed by atoms with van der Waals surface area (Å²) in [5.74, 6) is -4.01.